The number of hydrogen-bond acceptors (Lipinski definition) is 5. The molecule has 0 aliphatic heterocycles. The molecule has 2 N–H and O–H groups in total. The Morgan fingerprint density at radius 1 is 0.719 bits per heavy atom. The molecule has 0 saturated heterocycles. The first-order chi connectivity index (χ1) is 15.6. The molecule has 0 fully saturated rings. The Hall–Kier alpha value is -4.53. The fourth-order valence-electron chi connectivity index (χ4n) is 3.20. The van der Waals surface area contributed by atoms with Crippen LogP contribution in [0.3, 0.4) is 0 Å². The molecule has 0 aliphatic carbocycles. The molecule has 4 rings (SSSR count). The van der Waals surface area contributed by atoms with Gasteiger partial charge in [0.1, 0.15) is 0 Å². The van der Waals surface area contributed by atoms with Gasteiger partial charge in [-0.25, -0.2) is 24.4 Å². The van der Waals surface area contributed by atoms with Crippen LogP contribution in [0.2, 0.25) is 0 Å². The quantitative estimate of drug-likeness (QED) is 0.490. The predicted molar refractivity (Wildman–Crippen MR) is 121 cm³/mol. The van der Waals surface area contributed by atoms with E-state index in [1.165, 1.54) is 21.5 Å². The number of anilines is 2. The number of benzene rings is 2. The summed E-state index contributed by atoms with van der Waals surface area (Å²) in [5, 5.41) is 5.58. The molecule has 0 atom stereocenters. The number of hydrogen-bond donors (Lipinski definition) is 2. The number of nitrogens with zero attached hydrogens (tertiary/aromatic N) is 4. The maximum absolute atomic E-state index is 12.5. The zero-order valence-electron chi connectivity index (χ0n) is 17.0. The summed E-state index contributed by atoms with van der Waals surface area (Å²) in [5.74, 6) is 0. The Morgan fingerprint density at radius 2 is 1.19 bits per heavy atom. The van der Waals surface area contributed by atoms with Crippen LogP contribution in [0.5, 0.6) is 0 Å². The minimum absolute atomic E-state index is 0.336. The van der Waals surface area contributed by atoms with Gasteiger partial charge >= 0.3 is 17.4 Å². The second-order valence-electron chi connectivity index (χ2n) is 7.04. The van der Waals surface area contributed by atoms with Crippen LogP contribution in [0.4, 0.5) is 16.2 Å². The molecule has 4 aromatic rings. The van der Waals surface area contributed by atoms with E-state index < -0.39 is 6.03 Å². The molecule has 0 saturated carbocycles. The van der Waals surface area contributed by atoms with Crippen molar-refractivity contribution in [2.45, 2.75) is 13.1 Å². The summed E-state index contributed by atoms with van der Waals surface area (Å²) in [4.78, 5) is 43.6. The molecule has 0 unspecified atom stereocenters. The summed E-state index contributed by atoms with van der Waals surface area (Å²) in [6, 6.07) is 17.4. The molecule has 2 aromatic carbocycles. The van der Waals surface area contributed by atoms with Crippen LogP contribution < -0.4 is 22.0 Å². The molecule has 2 amide bonds. The van der Waals surface area contributed by atoms with Gasteiger partial charge in [-0.2, -0.15) is 0 Å². The van der Waals surface area contributed by atoms with Crippen molar-refractivity contribution in [1.29, 1.82) is 0 Å². The highest BCUT2D eigenvalue weighted by Crippen LogP contribution is 2.14. The number of aromatic nitrogens is 4. The van der Waals surface area contributed by atoms with Crippen LogP contribution in [0.15, 0.2) is 95.0 Å². The minimum Gasteiger partial charge on any atom is -0.308 e. The molecule has 0 bridgehead atoms. The van der Waals surface area contributed by atoms with Gasteiger partial charge < -0.3 is 10.6 Å². The van der Waals surface area contributed by atoms with Crippen LogP contribution in [-0.2, 0) is 13.1 Å². The number of amides is 2. The van der Waals surface area contributed by atoms with Crippen molar-refractivity contribution in [1.82, 2.24) is 19.1 Å². The molecular formula is C23H20N6O3. The second kappa shape index (κ2) is 9.52. The summed E-state index contributed by atoms with van der Waals surface area (Å²) in [5.41, 5.74) is 2.21. The topological polar surface area (TPSA) is 111 Å². The smallest absolute Gasteiger partial charge is 0.308 e. The average molecular weight is 428 g/mol. The van der Waals surface area contributed by atoms with E-state index >= 15 is 0 Å². The number of nitrogens with one attached hydrogen (secondary N) is 2. The lowest BCUT2D eigenvalue weighted by atomic mass is 10.2. The lowest BCUT2D eigenvalue weighted by molar-refractivity contribution is 0.262. The van der Waals surface area contributed by atoms with Gasteiger partial charge in [-0.05, 0) is 47.5 Å². The summed E-state index contributed by atoms with van der Waals surface area (Å²) >= 11 is 0. The Kier molecular flexibility index (Phi) is 6.17. The molecule has 0 aliphatic rings. The fourth-order valence-corrected chi connectivity index (χ4v) is 3.20. The van der Waals surface area contributed by atoms with Gasteiger partial charge in [0.05, 0.1) is 13.1 Å². The van der Waals surface area contributed by atoms with Crippen molar-refractivity contribution in [3.8, 4) is 0 Å². The third kappa shape index (κ3) is 5.33. The molecule has 9 heteroatoms. The fraction of sp³-hybridized carbons (Fsp3) is 0.0870. The van der Waals surface area contributed by atoms with Gasteiger partial charge in [-0.3, -0.25) is 9.13 Å². The van der Waals surface area contributed by atoms with Crippen LogP contribution in [0.25, 0.3) is 0 Å². The molecule has 0 radical (unpaired) electrons. The van der Waals surface area contributed by atoms with E-state index in [1.807, 2.05) is 12.1 Å². The van der Waals surface area contributed by atoms with Gasteiger partial charge in [0.25, 0.3) is 0 Å². The molecule has 2 heterocycles. The number of rotatable bonds is 6. The Balaban J connectivity index is 1.41. The summed E-state index contributed by atoms with van der Waals surface area (Å²) in [7, 11) is 0. The largest absolute Gasteiger partial charge is 0.347 e. The zero-order chi connectivity index (χ0) is 22.3. The highest BCUT2D eigenvalue weighted by molar-refractivity contribution is 5.99. The van der Waals surface area contributed by atoms with Crippen molar-refractivity contribution in [2.75, 3.05) is 10.6 Å². The number of carbonyl (C=O) groups is 1. The summed E-state index contributed by atoms with van der Waals surface area (Å²) in [6.45, 7) is 0.694. The van der Waals surface area contributed by atoms with E-state index in [4.69, 9.17) is 0 Å². The van der Waals surface area contributed by atoms with Crippen molar-refractivity contribution in [2.24, 2.45) is 0 Å². The second-order valence-corrected chi connectivity index (χ2v) is 7.04. The summed E-state index contributed by atoms with van der Waals surface area (Å²) in [6.07, 6.45) is 6.22. The van der Waals surface area contributed by atoms with E-state index in [-0.39, 0.29) is 11.4 Å². The van der Waals surface area contributed by atoms with E-state index in [2.05, 4.69) is 20.6 Å². The van der Waals surface area contributed by atoms with Gasteiger partial charge in [-0.1, -0.05) is 24.3 Å². The molecule has 160 valence electrons. The maximum Gasteiger partial charge on any atom is 0.347 e. The lowest BCUT2D eigenvalue weighted by Crippen LogP contribution is -2.22. The van der Waals surface area contributed by atoms with Gasteiger partial charge in [0.15, 0.2) is 0 Å². The van der Waals surface area contributed by atoms with Gasteiger partial charge in [0.2, 0.25) is 0 Å². The van der Waals surface area contributed by atoms with Gasteiger partial charge in [0, 0.05) is 36.2 Å². The van der Waals surface area contributed by atoms with Crippen molar-refractivity contribution >= 4 is 17.4 Å². The van der Waals surface area contributed by atoms with Crippen LogP contribution in [-0.4, -0.2) is 25.1 Å². The Labute approximate surface area is 183 Å². The first kappa shape index (κ1) is 20.7. The average Bonchev–Trinajstić information content (AvgIpc) is 2.77. The molecular weight excluding hydrogens is 408 g/mol. The van der Waals surface area contributed by atoms with Crippen LogP contribution >= 0.6 is 0 Å². The van der Waals surface area contributed by atoms with Crippen LogP contribution in [0, 0.1) is 0 Å². The first-order valence-electron chi connectivity index (χ1n) is 9.86. The van der Waals surface area contributed by atoms with Crippen LogP contribution in [0.1, 0.15) is 11.1 Å². The van der Waals surface area contributed by atoms with Crippen molar-refractivity contribution < 1.29 is 4.79 Å². The molecule has 0 spiro atoms. The van der Waals surface area contributed by atoms with Crippen molar-refractivity contribution in [3.63, 3.8) is 0 Å². The molecule has 2 aromatic heterocycles. The zero-order valence-corrected chi connectivity index (χ0v) is 17.0. The molecule has 9 nitrogen and oxygen atoms in total. The highest BCUT2D eigenvalue weighted by atomic mass is 16.2. The molecule has 32 heavy (non-hydrogen) atoms. The Bertz CT molecular complexity index is 1260. The third-order valence-corrected chi connectivity index (χ3v) is 4.64. The highest BCUT2D eigenvalue weighted by Gasteiger charge is 2.06. The predicted octanol–water partition coefficient (Wildman–Crippen LogP) is 2.54. The number of urea groups is 1. The summed E-state index contributed by atoms with van der Waals surface area (Å²) < 4.78 is 2.97. The minimum atomic E-state index is -0.406. The monoisotopic (exact) mass is 428 g/mol. The maximum atomic E-state index is 12.5. The van der Waals surface area contributed by atoms with E-state index in [1.54, 1.807) is 60.9 Å². The van der Waals surface area contributed by atoms with E-state index in [0.717, 1.165) is 11.1 Å². The van der Waals surface area contributed by atoms with E-state index in [0.29, 0.717) is 24.5 Å². The van der Waals surface area contributed by atoms with E-state index in [9.17, 15) is 14.4 Å². The SMILES string of the molecule is O=C(Nc1cccc(Cn2cccnc2=O)c1)Nc1cccc(Cn2cccnc2=O)c1. The Morgan fingerprint density at radius 3 is 1.62 bits per heavy atom. The number of carbonyl (C=O) groups excluding carboxylic acids is 1. The standard InChI is InChI=1S/C23H20N6O3/c30-21(26-19-7-1-5-17(13-19)15-28-11-3-9-24-22(28)31)27-20-8-2-6-18(14-20)16-29-12-4-10-25-23(29)32/h1-14H,15-16H2,(H2,26,27,30). The first-order valence-corrected chi connectivity index (χ1v) is 9.86. The third-order valence-electron chi connectivity index (χ3n) is 4.64. The van der Waals surface area contributed by atoms with Crippen molar-refractivity contribution in [3.05, 3.63) is 118 Å². The lowest BCUT2D eigenvalue weighted by Gasteiger charge is -2.11. The van der Waals surface area contributed by atoms with Gasteiger partial charge in [-0.15, -0.1) is 0 Å². The normalized spacial score (nSPS) is 10.5.